The smallest absolute Gasteiger partial charge is 0.0555 e. The van der Waals surface area contributed by atoms with Crippen LogP contribution in [-0.4, -0.2) is 4.57 Å². The van der Waals surface area contributed by atoms with Crippen LogP contribution >= 0.6 is 11.3 Å². The number of aromatic nitrogens is 1. The maximum Gasteiger partial charge on any atom is 0.0555 e. The summed E-state index contributed by atoms with van der Waals surface area (Å²) in [6.45, 7) is 0. The Morgan fingerprint density at radius 3 is 1.76 bits per heavy atom. The van der Waals surface area contributed by atoms with Gasteiger partial charge in [0.2, 0.25) is 0 Å². The monoisotopic (exact) mass is 668 g/mol. The zero-order valence-electron chi connectivity index (χ0n) is 27.8. The lowest BCUT2D eigenvalue weighted by molar-refractivity contribution is 1.18. The molecule has 0 spiro atoms. The summed E-state index contributed by atoms with van der Waals surface area (Å²) in [5, 5.41) is 5.09. The standard InChI is InChI=1S/C48H32N2S/c1-2-15-33(16-3-1)38-21-4-8-25-42(38)50(45-28-14-30-47-48(45)41-24-7-11-29-46(41)51-47)37-20-13-18-35(32-37)34-17-12-19-36(31-34)49-43-26-9-5-22-39(43)40-23-6-10-27-44(40)49/h1-32H. The van der Waals surface area contributed by atoms with E-state index in [4.69, 9.17) is 0 Å². The van der Waals surface area contributed by atoms with E-state index in [1.54, 1.807) is 0 Å². The molecule has 0 fully saturated rings. The highest BCUT2D eigenvalue weighted by molar-refractivity contribution is 7.26. The van der Waals surface area contributed by atoms with Crippen LogP contribution in [0.4, 0.5) is 17.1 Å². The van der Waals surface area contributed by atoms with Crippen molar-refractivity contribution in [3.63, 3.8) is 0 Å². The molecule has 0 N–H and O–H groups in total. The lowest BCUT2D eigenvalue weighted by atomic mass is 9.99. The van der Waals surface area contributed by atoms with Crippen LogP contribution in [0.15, 0.2) is 194 Å². The third-order valence-corrected chi connectivity index (χ3v) is 11.1. The zero-order chi connectivity index (χ0) is 33.7. The highest BCUT2D eigenvalue weighted by Crippen LogP contribution is 2.47. The fourth-order valence-corrected chi connectivity index (χ4v) is 8.86. The van der Waals surface area contributed by atoms with E-state index in [2.05, 4.69) is 204 Å². The van der Waals surface area contributed by atoms with Crippen LogP contribution in [0.1, 0.15) is 0 Å². The van der Waals surface area contributed by atoms with E-state index in [0.29, 0.717) is 0 Å². The van der Waals surface area contributed by atoms with Crippen molar-refractivity contribution in [2.24, 2.45) is 0 Å². The Hall–Kier alpha value is -6.42. The van der Waals surface area contributed by atoms with Crippen molar-refractivity contribution in [2.75, 3.05) is 4.90 Å². The molecular formula is C48H32N2S. The maximum absolute atomic E-state index is 2.46. The van der Waals surface area contributed by atoms with Gasteiger partial charge >= 0.3 is 0 Å². The molecule has 0 atom stereocenters. The van der Waals surface area contributed by atoms with E-state index < -0.39 is 0 Å². The molecule has 0 aliphatic carbocycles. The summed E-state index contributed by atoms with van der Waals surface area (Å²) in [5.41, 5.74) is 11.7. The van der Waals surface area contributed by atoms with Crippen LogP contribution in [0.25, 0.3) is 69.9 Å². The minimum absolute atomic E-state index is 1.11. The number of thiophene rings is 1. The highest BCUT2D eigenvalue weighted by atomic mass is 32.1. The molecule has 10 aromatic rings. The van der Waals surface area contributed by atoms with Crippen molar-refractivity contribution in [3.05, 3.63) is 194 Å². The Morgan fingerprint density at radius 2 is 0.961 bits per heavy atom. The predicted octanol–water partition coefficient (Wildman–Crippen LogP) is 14.0. The highest BCUT2D eigenvalue weighted by Gasteiger charge is 2.21. The molecule has 0 saturated heterocycles. The van der Waals surface area contributed by atoms with Crippen molar-refractivity contribution in [3.8, 4) is 27.9 Å². The van der Waals surface area contributed by atoms with Gasteiger partial charge in [0.25, 0.3) is 0 Å². The van der Waals surface area contributed by atoms with E-state index in [1.807, 2.05) is 11.3 Å². The van der Waals surface area contributed by atoms with Gasteiger partial charge in [0.15, 0.2) is 0 Å². The van der Waals surface area contributed by atoms with Crippen LogP contribution in [0.3, 0.4) is 0 Å². The maximum atomic E-state index is 2.46. The fourth-order valence-electron chi connectivity index (χ4n) is 7.73. The summed E-state index contributed by atoms with van der Waals surface area (Å²) < 4.78 is 4.97. The van der Waals surface area contributed by atoms with E-state index in [0.717, 1.165) is 17.1 Å². The minimum atomic E-state index is 1.11. The number of para-hydroxylation sites is 3. The number of anilines is 3. The number of fused-ring (bicyclic) bond motifs is 6. The van der Waals surface area contributed by atoms with Crippen molar-refractivity contribution in [2.45, 2.75) is 0 Å². The number of benzene rings is 8. The molecule has 0 bridgehead atoms. The summed E-state index contributed by atoms with van der Waals surface area (Å²) in [5.74, 6) is 0. The van der Waals surface area contributed by atoms with E-state index in [-0.39, 0.29) is 0 Å². The van der Waals surface area contributed by atoms with Gasteiger partial charge in [-0.05, 0) is 77.4 Å². The van der Waals surface area contributed by atoms with Gasteiger partial charge in [0.05, 0.1) is 22.4 Å². The largest absolute Gasteiger partial charge is 0.309 e. The SMILES string of the molecule is c1ccc(-c2ccccc2N(c2cccc(-c3cccc(-n4c5ccccc5c5ccccc54)c3)c2)c2cccc3sc4ccccc4c23)cc1. The van der Waals surface area contributed by atoms with Crippen molar-refractivity contribution < 1.29 is 0 Å². The molecule has 0 saturated carbocycles. The van der Waals surface area contributed by atoms with E-state index in [9.17, 15) is 0 Å². The van der Waals surface area contributed by atoms with Crippen LogP contribution < -0.4 is 4.90 Å². The first-order chi connectivity index (χ1) is 25.3. The number of rotatable bonds is 6. The molecule has 0 aliphatic rings. The summed E-state index contributed by atoms with van der Waals surface area (Å²) >= 11 is 1.86. The number of nitrogens with zero attached hydrogens (tertiary/aromatic N) is 2. The molecule has 0 unspecified atom stereocenters. The molecule has 0 radical (unpaired) electrons. The predicted molar refractivity (Wildman–Crippen MR) is 219 cm³/mol. The summed E-state index contributed by atoms with van der Waals surface area (Å²) in [6.07, 6.45) is 0. The van der Waals surface area contributed by atoms with Gasteiger partial charge in [-0.3, -0.25) is 0 Å². The van der Waals surface area contributed by atoms with E-state index in [1.165, 1.54) is 69.9 Å². The van der Waals surface area contributed by atoms with Crippen molar-refractivity contribution >= 4 is 70.4 Å². The van der Waals surface area contributed by atoms with Gasteiger partial charge in [-0.25, -0.2) is 0 Å². The Morgan fingerprint density at radius 1 is 0.392 bits per heavy atom. The van der Waals surface area contributed by atoms with Gasteiger partial charge in [-0.1, -0.05) is 133 Å². The third kappa shape index (κ3) is 4.93. The van der Waals surface area contributed by atoms with E-state index >= 15 is 0 Å². The average molecular weight is 669 g/mol. The van der Waals surface area contributed by atoms with Gasteiger partial charge in [0.1, 0.15) is 0 Å². The van der Waals surface area contributed by atoms with Crippen molar-refractivity contribution in [1.29, 1.82) is 0 Å². The molecule has 51 heavy (non-hydrogen) atoms. The Kier molecular flexibility index (Phi) is 7.04. The molecular weight excluding hydrogens is 637 g/mol. The van der Waals surface area contributed by atoms with Crippen LogP contribution in [0.2, 0.25) is 0 Å². The second-order valence-corrected chi connectivity index (χ2v) is 14.0. The third-order valence-electron chi connectivity index (χ3n) is 9.97. The molecule has 10 rings (SSSR count). The van der Waals surface area contributed by atoms with Crippen LogP contribution in [0.5, 0.6) is 0 Å². The Labute approximate surface area is 300 Å². The first kappa shape index (κ1) is 29.5. The first-order valence-corrected chi connectivity index (χ1v) is 18.2. The van der Waals surface area contributed by atoms with Crippen LogP contribution in [-0.2, 0) is 0 Å². The van der Waals surface area contributed by atoms with Crippen molar-refractivity contribution in [1.82, 2.24) is 4.57 Å². The molecule has 0 amide bonds. The normalized spacial score (nSPS) is 11.5. The van der Waals surface area contributed by atoms with Crippen LogP contribution in [0, 0.1) is 0 Å². The molecule has 240 valence electrons. The lowest BCUT2D eigenvalue weighted by Gasteiger charge is -2.29. The number of hydrogen-bond donors (Lipinski definition) is 0. The fraction of sp³-hybridized carbons (Fsp3) is 0. The average Bonchev–Trinajstić information content (AvgIpc) is 3.75. The van der Waals surface area contributed by atoms with Gasteiger partial charge in [0, 0.05) is 47.9 Å². The van der Waals surface area contributed by atoms with Gasteiger partial charge in [-0.2, -0.15) is 0 Å². The summed E-state index contributed by atoms with van der Waals surface area (Å²) in [7, 11) is 0. The zero-order valence-corrected chi connectivity index (χ0v) is 28.6. The Balaban J connectivity index is 1.18. The summed E-state index contributed by atoms with van der Waals surface area (Å²) in [4.78, 5) is 2.46. The second-order valence-electron chi connectivity index (χ2n) is 12.9. The quantitative estimate of drug-likeness (QED) is 0.171. The second kappa shape index (κ2) is 12.2. The Bertz CT molecular complexity index is 2830. The van der Waals surface area contributed by atoms with Gasteiger partial charge in [-0.15, -0.1) is 11.3 Å². The van der Waals surface area contributed by atoms with Gasteiger partial charge < -0.3 is 9.47 Å². The summed E-state index contributed by atoms with van der Waals surface area (Å²) in [6, 6.07) is 70.4. The topological polar surface area (TPSA) is 8.17 Å². The first-order valence-electron chi connectivity index (χ1n) is 17.4. The molecule has 8 aromatic carbocycles. The molecule has 0 aliphatic heterocycles. The number of hydrogen-bond acceptors (Lipinski definition) is 2. The molecule has 2 aromatic heterocycles. The minimum Gasteiger partial charge on any atom is -0.309 e. The molecule has 3 heteroatoms. The molecule has 2 heterocycles. The molecule has 2 nitrogen and oxygen atoms in total. The lowest BCUT2D eigenvalue weighted by Crippen LogP contribution is -2.11.